The molecule has 0 bridgehead atoms. The second kappa shape index (κ2) is 7.17. The monoisotopic (exact) mass is 429 g/mol. The van der Waals surface area contributed by atoms with Gasteiger partial charge in [-0.3, -0.25) is 9.36 Å². The van der Waals surface area contributed by atoms with Gasteiger partial charge in [0.05, 0.1) is 6.42 Å². The van der Waals surface area contributed by atoms with Crippen LogP contribution in [0.1, 0.15) is 44.4 Å². The zero-order valence-corrected chi connectivity index (χ0v) is 15.8. The highest BCUT2D eigenvalue weighted by molar-refractivity contribution is 9.10. The number of hydrogen-bond donors (Lipinski definition) is 3. The van der Waals surface area contributed by atoms with Crippen molar-refractivity contribution in [3.8, 4) is 0 Å². The summed E-state index contributed by atoms with van der Waals surface area (Å²) in [5.74, 6) is -0.546. The molecule has 0 aromatic heterocycles. The van der Waals surface area contributed by atoms with Gasteiger partial charge in [0.1, 0.15) is 5.60 Å². The number of ether oxygens (including phenoxy) is 1. The van der Waals surface area contributed by atoms with E-state index >= 15 is 0 Å². The fraction of sp³-hybridized carbons (Fsp3) is 0.500. The number of rotatable bonds is 5. The van der Waals surface area contributed by atoms with Crippen molar-refractivity contribution in [3.63, 3.8) is 0 Å². The third-order valence-electron chi connectivity index (χ3n) is 2.92. The Morgan fingerprint density at radius 2 is 1.92 bits per heavy atom. The zero-order valence-electron chi connectivity index (χ0n) is 13.3. The van der Waals surface area contributed by atoms with Crippen molar-refractivity contribution in [3.05, 3.63) is 33.8 Å². The summed E-state index contributed by atoms with van der Waals surface area (Å²) in [6.07, 6.45) is -0.169. The van der Waals surface area contributed by atoms with Crippen molar-refractivity contribution in [2.75, 3.05) is 0 Å². The van der Waals surface area contributed by atoms with E-state index < -0.39 is 36.4 Å². The van der Waals surface area contributed by atoms with E-state index in [1.54, 1.807) is 20.8 Å². The van der Waals surface area contributed by atoms with Crippen LogP contribution in [0.2, 0.25) is 0 Å². The minimum atomic E-state index is -5.67. The summed E-state index contributed by atoms with van der Waals surface area (Å²) >= 11 is 2.86. The molecule has 1 aromatic carbocycles. The van der Waals surface area contributed by atoms with Crippen LogP contribution >= 0.6 is 23.5 Å². The third kappa shape index (κ3) is 5.32. The van der Waals surface area contributed by atoms with E-state index in [1.165, 1.54) is 12.1 Å². The maximum atomic E-state index is 13.8. The lowest BCUT2D eigenvalue weighted by Gasteiger charge is -2.22. The average molecular weight is 430 g/mol. The first-order chi connectivity index (χ1) is 10.6. The molecule has 1 aromatic rings. The predicted octanol–water partition coefficient (Wildman–Crippen LogP) is 3.41. The molecule has 0 heterocycles. The van der Waals surface area contributed by atoms with Gasteiger partial charge in [0.15, 0.2) is 0 Å². The first kappa shape index (κ1) is 21.2. The summed E-state index contributed by atoms with van der Waals surface area (Å²) in [6.45, 7) is 5.10. The minimum absolute atomic E-state index is 0.169. The average Bonchev–Trinajstić information content (AvgIpc) is 2.34. The smallest absolute Gasteiger partial charge is 0.399 e. The normalized spacial score (nSPS) is 14.4. The van der Waals surface area contributed by atoms with Crippen LogP contribution in [-0.2, 0) is 19.8 Å². The van der Waals surface area contributed by atoms with E-state index in [0.717, 1.165) is 6.07 Å². The lowest BCUT2D eigenvalue weighted by molar-refractivity contribution is -0.155. The van der Waals surface area contributed by atoms with Crippen LogP contribution in [0.25, 0.3) is 0 Å². The summed E-state index contributed by atoms with van der Waals surface area (Å²) in [7, 11) is -5.67. The molecule has 1 unspecified atom stereocenters. The third-order valence-corrected chi connectivity index (χ3v) is 4.55. The van der Waals surface area contributed by atoms with E-state index in [0.29, 0.717) is 5.56 Å². The molecular weight excluding hydrogens is 411 g/mol. The molecular formula is C14H19BrF2NO5P. The fourth-order valence-corrected chi connectivity index (χ4v) is 3.15. The van der Waals surface area contributed by atoms with Gasteiger partial charge in [-0.25, -0.2) is 0 Å². The Morgan fingerprint density at radius 1 is 1.38 bits per heavy atom. The quantitative estimate of drug-likeness (QED) is 0.488. The van der Waals surface area contributed by atoms with Gasteiger partial charge in [0.2, 0.25) is 0 Å². The highest BCUT2D eigenvalue weighted by Crippen LogP contribution is 2.60. The molecule has 1 rings (SSSR count). The van der Waals surface area contributed by atoms with Gasteiger partial charge in [-0.1, -0.05) is 28.1 Å². The molecule has 10 heteroatoms. The molecule has 0 spiro atoms. The first-order valence-corrected chi connectivity index (χ1v) is 9.26. The summed E-state index contributed by atoms with van der Waals surface area (Å²) in [5, 5.41) is 0. The number of nitrogens with two attached hydrogens (primary N) is 1. The van der Waals surface area contributed by atoms with Crippen LogP contribution in [0.5, 0.6) is 0 Å². The van der Waals surface area contributed by atoms with Gasteiger partial charge in [-0.2, -0.15) is 8.78 Å². The van der Waals surface area contributed by atoms with Crippen molar-refractivity contribution in [1.82, 2.24) is 0 Å². The first-order valence-electron chi connectivity index (χ1n) is 6.86. The Hall–Kier alpha value is -0.860. The van der Waals surface area contributed by atoms with E-state index in [9.17, 15) is 18.1 Å². The van der Waals surface area contributed by atoms with Crippen LogP contribution in [0, 0.1) is 0 Å². The van der Waals surface area contributed by atoms with Crippen molar-refractivity contribution in [2.24, 2.45) is 5.73 Å². The van der Waals surface area contributed by atoms with Crippen LogP contribution in [0.4, 0.5) is 8.78 Å². The molecule has 24 heavy (non-hydrogen) atoms. The number of halogens is 3. The molecule has 0 saturated carbocycles. The van der Waals surface area contributed by atoms with Gasteiger partial charge >= 0.3 is 19.2 Å². The lowest BCUT2D eigenvalue weighted by atomic mass is 10.0. The van der Waals surface area contributed by atoms with Crippen molar-refractivity contribution >= 4 is 29.5 Å². The Bertz CT molecular complexity index is 672. The van der Waals surface area contributed by atoms with E-state index in [1.807, 2.05) is 0 Å². The fourth-order valence-electron chi connectivity index (χ4n) is 1.84. The van der Waals surface area contributed by atoms with Crippen molar-refractivity contribution < 1.29 is 32.7 Å². The molecule has 0 aliphatic heterocycles. The highest BCUT2D eigenvalue weighted by Gasteiger charge is 2.51. The van der Waals surface area contributed by atoms with Gasteiger partial charge < -0.3 is 20.3 Å². The number of carbonyl (C=O) groups excluding carboxylic acids is 1. The van der Waals surface area contributed by atoms with Crippen LogP contribution < -0.4 is 5.73 Å². The molecule has 0 aliphatic rings. The summed E-state index contributed by atoms with van der Waals surface area (Å²) in [4.78, 5) is 29.3. The van der Waals surface area contributed by atoms with Gasteiger partial charge in [0.25, 0.3) is 0 Å². The second-order valence-corrected chi connectivity index (χ2v) is 8.73. The largest absolute Gasteiger partial charge is 0.460 e. The maximum absolute atomic E-state index is 13.8. The lowest BCUT2D eigenvalue weighted by Crippen LogP contribution is -2.26. The van der Waals surface area contributed by atoms with Crippen LogP contribution in [0.3, 0.4) is 0 Å². The molecule has 0 aliphatic carbocycles. The van der Waals surface area contributed by atoms with E-state index in [-0.39, 0.29) is 10.9 Å². The molecule has 1 atom stereocenters. The van der Waals surface area contributed by atoms with Crippen LogP contribution in [-0.4, -0.2) is 21.4 Å². The van der Waals surface area contributed by atoms with Gasteiger partial charge in [-0.05, 0) is 32.4 Å². The summed E-state index contributed by atoms with van der Waals surface area (Å²) in [6, 6.07) is 2.45. The predicted molar refractivity (Wildman–Crippen MR) is 87.5 cm³/mol. The molecule has 0 amide bonds. The Balaban J connectivity index is 3.00. The number of esters is 1. The van der Waals surface area contributed by atoms with Gasteiger partial charge in [-0.15, -0.1) is 0 Å². The van der Waals surface area contributed by atoms with Crippen molar-refractivity contribution in [2.45, 2.75) is 44.5 Å². The molecule has 4 N–H and O–H groups in total. The molecule has 0 saturated heterocycles. The number of hydrogen-bond acceptors (Lipinski definition) is 4. The topological polar surface area (TPSA) is 110 Å². The van der Waals surface area contributed by atoms with Crippen molar-refractivity contribution in [1.29, 1.82) is 0 Å². The Kier molecular flexibility index (Phi) is 6.33. The summed E-state index contributed by atoms with van der Waals surface area (Å²) < 4.78 is 43.4. The molecule has 6 nitrogen and oxygen atoms in total. The second-order valence-electron chi connectivity index (χ2n) is 6.22. The maximum Gasteiger partial charge on any atom is 0.399 e. The Morgan fingerprint density at radius 3 is 2.33 bits per heavy atom. The highest BCUT2D eigenvalue weighted by atomic mass is 79.9. The standard InChI is InChI=1S/C14H19BrF2NO5P/c1-13(2,3)23-12(19)7-11(18)8-4-5-9(10(15)6-8)14(16,17)24(20,21)22/h4-6,11H,7,18H2,1-3H3,(H2,20,21,22). The number of benzene rings is 1. The van der Waals surface area contributed by atoms with E-state index in [4.69, 9.17) is 20.3 Å². The number of carbonyl (C=O) groups is 1. The number of alkyl halides is 2. The molecule has 0 radical (unpaired) electrons. The molecule has 0 fully saturated rings. The SMILES string of the molecule is CC(C)(C)OC(=O)CC(N)c1ccc(C(F)(F)P(=O)(O)O)c(Br)c1. The Labute approximate surface area is 146 Å². The van der Waals surface area contributed by atoms with Crippen LogP contribution in [0.15, 0.2) is 22.7 Å². The zero-order chi connectivity index (χ0) is 18.9. The van der Waals surface area contributed by atoms with Gasteiger partial charge in [0, 0.05) is 16.1 Å². The van der Waals surface area contributed by atoms with E-state index in [2.05, 4.69) is 15.9 Å². The summed E-state index contributed by atoms with van der Waals surface area (Å²) in [5.41, 5.74) is 0.346. The molecule has 136 valence electrons. The minimum Gasteiger partial charge on any atom is -0.460 e.